The molecule has 0 bridgehead atoms. The molecule has 0 saturated heterocycles. The molecule has 0 unspecified atom stereocenters. The standard InChI is InChI=1S/C8H8BrNO3/c9-5-8(11)6-2-1-3-7(4-6)10(12)13/h1-4,8,11H,5H2/t8-/m0/s1. The average molecular weight is 246 g/mol. The van der Waals surface area contributed by atoms with E-state index in [0.29, 0.717) is 10.9 Å². The van der Waals surface area contributed by atoms with Crippen LogP contribution in [-0.2, 0) is 0 Å². The second-order valence-corrected chi connectivity index (χ2v) is 3.17. The molecule has 13 heavy (non-hydrogen) atoms. The maximum atomic E-state index is 10.4. The van der Waals surface area contributed by atoms with Gasteiger partial charge in [-0.05, 0) is 5.56 Å². The van der Waals surface area contributed by atoms with Crippen molar-refractivity contribution in [2.24, 2.45) is 0 Å². The van der Waals surface area contributed by atoms with Gasteiger partial charge < -0.3 is 5.11 Å². The summed E-state index contributed by atoms with van der Waals surface area (Å²) in [6.07, 6.45) is -0.695. The number of alkyl halides is 1. The monoisotopic (exact) mass is 245 g/mol. The maximum Gasteiger partial charge on any atom is 0.269 e. The van der Waals surface area contributed by atoms with E-state index in [1.165, 1.54) is 12.1 Å². The van der Waals surface area contributed by atoms with Gasteiger partial charge in [-0.25, -0.2) is 0 Å². The highest BCUT2D eigenvalue weighted by molar-refractivity contribution is 9.09. The van der Waals surface area contributed by atoms with Gasteiger partial charge in [0.2, 0.25) is 0 Å². The third kappa shape index (κ3) is 2.50. The van der Waals surface area contributed by atoms with Crippen LogP contribution >= 0.6 is 15.9 Å². The second-order valence-electron chi connectivity index (χ2n) is 2.52. The van der Waals surface area contributed by atoms with Crippen LogP contribution in [0.1, 0.15) is 11.7 Å². The Hall–Kier alpha value is -0.940. The summed E-state index contributed by atoms with van der Waals surface area (Å²) in [7, 11) is 0. The summed E-state index contributed by atoms with van der Waals surface area (Å²) in [5.74, 6) is 0. The number of hydrogen-bond donors (Lipinski definition) is 1. The van der Waals surface area contributed by atoms with E-state index in [1.54, 1.807) is 12.1 Å². The smallest absolute Gasteiger partial charge is 0.269 e. The van der Waals surface area contributed by atoms with Gasteiger partial charge in [0.25, 0.3) is 5.69 Å². The van der Waals surface area contributed by atoms with Gasteiger partial charge in [-0.1, -0.05) is 28.1 Å². The van der Waals surface area contributed by atoms with Crippen molar-refractivity contribution in [1.29, 1.82) is 0 Å². The fraction of sp³-hybridized carbons (Fsp3) is 0.250. The highest BCUT2D eigenvalue weighted by Crippen LogP contribution is 2.20. The van der Waals surface area contributed by atoms with E-state index in [0.717, 1.165) is 0 Å². The average Bonchev–Trinajstić information content (AvgIpc) is 2.17. The van der Waals surface area contributed by atoms with Gasteiger partial charge in [-0.2, -0.15) is 0 Å². The van der Waals surface area contributed by atoms with E-state index in [4.69, 9.17) is 0 Å². The molecule has 1 aromatic carbocycles. The first-order valence-electron chi connectivity index (χ1n) is 3.63. The normalized spacial score (nSPS) is 12.5. The van der Waals surface area contributed by atoms with Crippen LogP contribution in [0.4, 0.5) is 5.69 Å². The number of halogens is 1. The molecule has 0 amide bonds. The minimum absolute atomic E-state index is 0.00231. The van der Waals surface area contributed by atoms with Crippen LogP contribution in [0, 0.1) is 10.1 Å². The Labute approximate surface area is 83.5 Å². The molecule has 0 heterocycles. The topological polar surface area (TPSA) is 63.4 Å². The molecule has 0 aromatic heterocycles. The predicted molar refractivity (Wildman–Crippen MR) is 51.9 cm³/mol. The van der Waals surface area contributed by atoms with Crippen molar-refractivity contribution in [2.75, 3.05) is 5.33 Å². The number of nitro benzene ring substituents is 1. The Morgan fingerprint density at radius 1 is 1.62 bits per heavy atom. The van der Waals surface area contributed by atoms with Gasteiger partial charge in [0.05, 0.1) is 11.0 Å². The van der Waals surface area contributed by atoms with Crippen LogP contribution in [0.15, 0.2) is 24.3 Å². The first-order chi connectivity index (χ1) is 6.15. The molecular formula is C8H8BrNO3. The summed E-state index contributed by atoms with van der Waals surface area (Å²) in [4.78, 5) is 9.89. The third-order valence-electron chi connectivity index (χ3n) is 1.61. The van der Waals surface area contributed by atoms with Gasteiger partial charge in [0.15, 0.2) is 0 Å². The van der Waals surface area contributed by atoms with Crippen molar-refractivity contribution in [3.05, 3.63) is 39.9 Å². The Bertz CT molecular complexity index is 316. The van der Waals surface area contributed by atoms with Crippen molar-refractivity contribution in [3.8, 4) is 0 Å². The molecule has 1 aromatic rings. The van der Waals surface area contributed by atoms with E-state index < -0.39 is 11.0 Å². The van der Waals surface area contributed by atoms with E-state index >= 15 is 0 Å². The zero-order valence-electron chi connectivity index (χ0n) is 6.68. The number of nitrogens with zero attached hydrogens (tertiary/aromatic N) is 1. The van der Waals surface area contributed by atoms with E-state index in [9.17, 15) is 15.2 Å². The first kappa shape index (κ1) is 10.1. The Morgan fingerprint density at radius 2 is 2.31 bits per heavy atom. The van der Waals surface area contributed by atoms with Gasteiger partial charge in [0.1, 0.15) is 0 Å². The number of nitro groups is 1. The number of non-ortho nitro benzene ring substituents is 1. The molecule has 5 heteroatoms. The Balaban J connectivity index is 2.98. The van der Waals surface area contributed by atoms with Crippen LogP contribution < -0.4 is 0 Å². The van der Waals surface area contributed by atoms with Crippen molar-refractivity contribution < 1.29 is 10.0 Å². The zero-order chi connectivity index (χ0) is 9.84. The summed E-state index contributed by atoms with van der Waals surface area (Å²) in [5, 5.41) is 20.1. The minimum atomic E-state index is -0.695. The molecule has 0 saturated carbocycles. The lowest BCUT2D eigenvalue weighted by molar-refractivity contribution is -0.385. The molecule has 1 atom stereocenters. The van der Waals surface area contributed by atoms with Crippen LogP contribution in [0.25, 0.3) is 0 Å². The van der Waals surface area contributed by atoms with Gasteiger partial charge in [-0.15, -0.1) is 0 Å². The summed E-state index contributed by atoms with van der Waals surface area (Å²) in [5.41, 5.74) is 0.545. The van der Waals surface area contributed by atoms with Crippen molar-refractivity contribution in [3.63, 3.8) is 0 Å². The van der Waals surface area contributed by atoms with Crippen LogP contribution in [-0.4, -0.2) is 15.4 Å². The molecule has 4 nitrogen and oxygen atoms in total. The highest BCUT2D eigenvalue weighted by atomic mass is 79.9. The quantitative estimate of drug-likeness (QED) is 0.504. The van der Waals surface area contributed by atoms with E-state index in [2.05, 4.69) is 15.9 Å². The number of aliphatic hydroxyl groups is 1. The Morgan fingerprint density at radius 3 is 2.85 bits per heavy atom. The van der Waals surface area contributed by atoms with Crippen LogP contribution in [0.3, 0.4) is 0 Å². The lowest BCUT2D eigenvalue weighted by Gasteiger charge is -2.05. The SMILES string of the molecule is O=[N+]([O-])c1cccc([C@@H](O)CBr)c1. The van der Waals surface area contributed by atoms with Crippen molar-refractivity contribution in [2.45, 2.75) is 6.10 Å². The third-order valence-corrected chi connectivity index (χ3v) is 2.23. The summed E-state index contributed by atoms with van der Waals surface area (Å²) in [6, 6.07) is 5.97. The molecular weight excluding hydrogens is 238 g/mol. The van der Waals surface area contributed by atoms with E-state index in [1.807, 2.05) is 0 Å². The molecule has 0 fully saturated rings. The van der Waals surface area contributed by atoms with Crippen LogP contribution in [0.5, 0.6) is 0 Å². The Kier molecular flexibility index (Phi) is 3.39. The minimum Gasteiger partial charge on any atom is -0.388 e. The second kappa shape index (κ2) is 4.34. The van der Waals surface area contributed by atoms with Crippen molar-refractivity contribution in [1.82, 2.24) is 0 Å². The number of rotatable bonds is 3. The van der Waals surface area contributed by atoms with Crippen molar-refractivity contribution >= 4 is 21.6 Å². The molecule has 0 spiro atoms. The van der Waals surface area contributed by atoms with Gasteiger partial charge in [0, 0.05) is 17.5 Å². The summed E-state index contributed by atoms with van der Waals surface area (Å²) < 4.78 is 0. The summed E-state index contributed by atoms with van der Waals surface area (Å²) >= 11 is 3.09. The summed E-state index contributed by atoms with van der Waals surface area (Å²) in [6.45, 7) is 0. The first-order valence-corrected chi connectivity index (χ1v) is 4.75. The number of benzene rings is 1. The zero-order valence-corrected chi connectivity index (χ0v) is 8.27. The fourth-order valence-electron chi connectivity index (χ4n) is 0.935. The molecule has 0 aliphatic heterocycles. The number of hydrogen-bond acceptors (Lipinski definition) is 3. The fourth-order valence-corrected chi connectivity index (χ4v) is 1.31. The lowest BCUT2D eigenvalue weighted by Crippen LogP contribution is -1.99. The predicted octanol–water partition coefficient (Wildman–Crippen LogP) is 2.02. The molecule has 1 N–H and O–H groups in total. The highest BCUT2D eigenvalue weighted by Gasteiger charge is 2.10. The van der Waals surface area contributed by atoms with Gasteiger partial charge >= 0.3 is 0 Å². The molecule has 1 rings (SSSR count). The molecule has 0 aliphatic carbocycles. The molecule has 0 aliphatic rings. The molecule has 0 radical (unpaired) electrons. The number of aliphatic hydroxyl groups excluding tert-OH is 1. The maximum absolute atomic E-state index is 10.4. The van der Waals surface area contributed by atoms with Gasteiger partial charge in [-0.3, -0.25) is 10.1 Å². The largest absolute Gasteiger partial charge is 0.388 e. The van der Waals surface area contributed by atoms with Crippen LogP contribution in [0.2, 0.25) is 0 Å². The molecule has 70 valence electrons. The van der Waals surface area contributed by atoms with E-state index in [-0.39, 0.29) is 5.69 Å². The lowest BCUT2D eigenvalue weighted by atomic mass is 10.1.